The minimum atomic E-state index is -0.117. The number of rotatable bonds is 10. The van der Waals surface area contributed by atoms with E-state index >= 15 is 0 Å². The van der Waals surface area contributed by atoms with Crippen LogP contribution >= 0.6 is 0 Å². The van der Waals surface area contributed by atoms with E-state index in [2.05, 4.69) is 43.9 Å². The second kappa shape index (κ2) is 10.9. The third-order valence-electron chi connectivity index (χ3n) is 3.84. The Hall–Kier alpha value is -1.89. The molecule has 0 bridgehead atoms. The van der Waals surface area contributed by atoms with Crippen LogP contribution < -0.4 is 14.8 Å². The number of anilines is 1. The molecule has 0 fully saturated rings. The fourth-order valence-corrected chi connectivity index (χ4v) is 2.48. The zero-order valence-electron chi connectivity index (χ0n) is 16.8. The Morgan fingerprint density at radius 1 is 1.00 bits per heavy atom. The normalized spacial score (nSPS) is 12.1. The summed E-state index contributed by atoms with van der Waals surface area (Å²) < 4.78 is 10.7. The number of methoxy groups -OCH3 is 2. The van der Waals surface area contributed by atoms with Gasteiger partial charge in [-0.05, 0) is 6.42 Å². The van der Waals surface area contributed by atoms with E-state index in [1.165, 1.54) is 32.1 Å². The van der Waals surface area contributed by atoms with Gasteiger partial charge in [-0.1, -0.05) is 43.9 Å². The van der Waals surface area contributed by atoms with Crippen LogP contribution in [-0.2, 0) is 0 Å². The summed E-state index contributed by atoms with van der Waals surface area (Å²) in [5.41, 5.74) is 0.847. The second-order valence-corrected chi connectivity index (χ2v) is 7.41. The lowest BCUT2D eigenvalue weighted by atomic mass is 10.1. The molecular formula is C21H35N2O2+. The van der Waals surface area contributed by atoms with Crippen molar-refractivity contribution in [1.29, 1.82) is 0 Å². The van der Waals surface area contributed by atoms with Crippen molar-refractivity contribution >= 4 is 5.69 Å². The predicted molar refractivity (Wildman–Crippen MR) is 107 cm³/mol. The van der Waals surface area contributed by atoms with E-state index in [1.807, 2.05) is 18.2 Å². The summed E-state index contributed by atoms with van der Waals surface area (Å²) in [5, 5.41) is 3.53. The van der Waals surface area contributed by atoms with Gasteiger partial charge in [0.15, 0.2) is 6.04 Å². The van der Waals surface area contributed by atoms with Crippen molar-refractivity contribution in [1.82, 2.24) is 0 Å². The zero-order valence-corrected chi connectivity index (χ0v) is 16.8. The average Bonchev–Trinajstić information content (AvgIpc) is 2.58. The van der Waals surface area contributed by atoms with Crippen LogP contribution in [0.5, 0.6) is 11.5 Å². The van der Waals surface area contributed by atoms with Crippen LogP contribution in [0.3, 0.4) is 0 Å². The van der Waals surface area contributed by atoms with E-state index < -0.39 is 0 Å². The van der Waals surface area contributed by atoms with Crippen molar-refractivity contribution in [3.63, 3.8) is 0 Å². The average molecular weight is 348 g/mol. The van der Waals surface area contributed by atoms with E-state index in [4.69, 9.17) is 9.47 Å². The standard InChI is InChI=1S/C21H35N2O2/c1-7-8-9-10-11-12-17(16-22-21(2,3)4)23-18-13-19(24-5)15-20(14-18)25-6/h13-15,17,23H,7-12H2,1-6H3/q+1. The van der Waals surface area contributed by atoms with Crippen molar-refractivity contribution in [3.8, 4) is 17.6 Å². The SMILES string of the molecule is CCCCCCCC(C#[N+]C(C)(C)C)Nc1cc(OC)cc(OC)c1. The number of unbranched alkanes of at least 4 members (excludes halogenated alkanes) is 4. The number of hydrogen-bond acceptors (Lipinski definition) is 3. The Balaban J connectivity index is 2.82. The van der Waals surface area contributed by atoms with Crippen LogP contribution in [0.2, 0.25) is 0 Å². The molecule has 0 radical (unpaired) electrons. The van der Waals surface area contributed by atoms with Gasteiger partial charge in [-0.3, -0.25) is 0 Å². The highest BCUT2D eigenvalue weighted by atomic mass is 16.5. The maximum Gasteiger partial charge on any atom is 0.298 e. The second-order valence-electron chi connectivity index (χ2n) is 7.41. The van der Waals surface area contributed by atoms with Crippen LogP contribution in [0.4, 0.5) is 5.69 Å². The molecule has 25 heavy (non-hydrogen) atoms. The van der Waals surface area contributed by atoms with Gasteiger partial charge >= 0.3 is 0 Å². The monoisotopic (exact) mass is 347 g/mol. The largest absolute Gasteiger partial charge is 0.497 e. The molecule has 1 aromatic rings. The third kappa shape index (κ3) is 9.24. The minimum absolute atomic E-state index is 0.0812. The maximum absolute atomic E-state index is 5.35. The molecule has 0 amide bonds. The topological polar surface area (TPSA) is 34.9 Å². The predicted octanol–water partition coefficient (Wildman–Crippen LogP) is 5.98. The first-order chi connectivity index (χ1) is 11.9. The first-order valence-electron chi connectivity index (χ1n) is 9.35. The summed E-state index contributed by atoms with van der Waals surface area (Å²) in [4.78, 5) is 4.58. The van der Waals surface area contributed by atoms with E-state index in [0.717, 1.165) is 23.6 Å². The Kier molecular flexibility index (Phi) is 9.20. The van der Waals surface area contributed by atoms with E-state index in [1.54, 1.807) is 14.2 Å². The lowest BCUT2D eigenvalue weighted by Crippen LogP contribution is -2.18. The highest BCUT2D eigenvalue weighted by molar-refractivity contribution is 5.55. The highest BCUT2D eigenvalue weighted by Gasteiger charge is 2.21. The molecule has 4 heteroatoms. The Morgan fingerprint density at radius 2 is 1.60 bits per heavy atom. The van der Waals surface area contributed by atoms with Gasteiger partial charge in [0, 0.05) is 44.7 Å². The lowest BCUT2D eigenvalue weighted by molar-refractivity contribution is 0.394. The van der Waals surface area contributed by atoms with Crippen molar-refractivity contribution in [2.75, 3.05) is 19.5 Å². The molecule has 4 nitrogen and oxygen atoms in total. The van der Waals surface area contributed by atoms with E-state index in [9.17, 15) is 0 Å². The van der Waals surface area contributed by atoms with Gasteiger partial charge in [0.1, 0.15) is 11.5 Å². The van der Waals surface area contributed by atoms with Gasteiger partial charge in [0.2, 0.25) is 0 Å². The van der Waals surface area contributed by atoms with Crippen LogP contribution in [0.15, 0.2) is 18.2 Å². The molecule has 1 N–H and O–H groups in total. The Bertz CT molecular complexity index is 545. The summed E-state index contributed by atoms with van der Waals surface area (Å²) in [6, 6.07) is 9.22. The van der Waals surface area contributed by atoms with Crippen molar-refractivity contribution in [2.45, 2.75) is 77.8 Å². The first-order valence-corrected chi connectivity index (χ1v) is 9.35. The van der Waals surface area contributed by atoms with Crippen LogP contribution in [0, 0.1) is 6.07 Å². The highest BCUT2D eigenvalue weighted by Crippen LogP contribution is 2.26. The third-order valence-corrected chi connectivity index (χ3v) is 3.84. The molecule has 0 aliphatic heterocycles. The fourth-order valence-electron chi connectivity index (χ4n) is 2.48. The summed E-state index contributed by atoms with van der Waals surface area (Å²) in [6.07, 6.45) is 7.32. The lowest BCUT2D eigenvalue weighted by Gasteiger charge is -2.13. The Labute approximate surface area is 153 Å². The molecule has 1 atom stereocenters. The molecule has 1 rings (SSSR count). The summed E-state index contributed by atoms with van der Waals surface area (Å²) >= 11 is 0. The van der Waals surface area contributed by atoms with Gasteiger partial charge in [0.05, 0.1) is 14.2 Å². The molecule has 0 aliphatic rings. The molecule has 0 aliphatic carbocycles. The van der Waals surface area contributed by atoms with Crippen molar-refractivity contribution in [2.24, 2.45) is 0 Å². The summed E-state index contributed by atoms with van der Waals surface area (Å²) in [7, 11) is 3.33. The van der Waals surface area contributed by atoms with Crippen LogP contribution in [0.25, 0.3) is 4.85 Å². The number of ether oxygens (including phenoxy) is 2. The molecule has 0 heterocycles. The first kappa shape index (κ1) is 21.2. The van der Waals surface area contributed by atoms with Crippen molar-refractivity contribution < 1.29 is 9.47 Å². The van der Waals surface area contributed by atoms with Gasteiger partial charge in [-0.15, -0.1) is 0 Å². The van der Waals surface area contributed by atoms with Gasteiger partial charge in [-0.25, -0.2) is 0 Å². The smallest absolute Gasteiger partial charge is 0.298 e. The zero-order chi connectivity index (χ0) is 18.7. The number of hydrogen-bond donors (Lipinski definition) is 1. The van der Waals surface area contributed by atoms with Gasteiger partial charge in [0.25, 0.3) is 11.6 Å². The Morgan fingerprint density at radius 3 is 2.12 bits per heavy atom. The fraction of sp³-hybridized carbons (Fsp3) is 0.667. The van der Waals surface area contributed by atoms with E-state index in [0.29, 0.717) is 0 Å². The number of nitrogens with one attached hydrogen (secondary N) is 1. The molecule has 140 valence electrons. The molecule has 0 saturated heterocycles. The summed E-state index contributed by atoms with van der Waals surface area (Å²) in [5.74, 6) is 1.55. The maximum atomic E-state index is 5.35. The van der Waals surface area contributed by atoms with Crippen molar-refractivity contribution in [3.05, 3.63) is 23.0 Å². The molecule has 1 unspecified atom stereocenters. The van der Waals surface area contributed by atoms with Gasteiger partial charge in [-0.2, -0.15) is 0 Å². The molecule has 0 aromatic heterocycles. The number of benzene rings is 1. The number of nitrogens with zero attached hydrogens (tertiary/aromatic N) is 1. The van der Waals surface area contributed by atoms with E-state index in [-0.39, 0.29) is 11.6 Å². The quantitative estimate of drug-likeness (QED) is 0.529. The van der Waals surface area contributed by atoms with Crippen LogP contribution in [0.1, 0.15) is 66.2 Å². The molecule has 0 spiro atoms. The molecule has 0 saturated carbocycles. The van der Waals surface area contributed by atoms with Crippen LogP contribution in [-0.4, -0.2) is 25.8 Å². The van der Waals surface area contributed by atoms with Gasteiger partial charge < -0.3 is 14.8 Å². The summed E-state index contributed by atoms with van der Waals surface area (Å²) in [6.45, 7) is 8.51. The minimum Gasteiger partial charge on any atom is -0.497 e. The molecule has 1 aromatic carbocycles. The molecular weight excluding hydrogens is 312 g/mol.